The fraction of sp³-hybridized carbons (Fsp3) is 0.714. The van der Waals surface area contributed by atoms with Crippen molar-refractivity contribution in [1.29, 1.82) is 0 Å². The molecule has 19 heavy (non-hydrogen) atoms. The molecule has 1 atom stereocenters. The van der Waals surface area contributed by atoms with Crippen LogP contribution < -0.4 is 15.4 Å². The molecule has 106 valence electrons. The number of nitrogens with zero attached hydrogens (tertiary/aromatic N) is 3. The molecule has 0 aromatic carbocycles. The zero-order valence-electron chi connectivity index (χ0n) is 12.3. The predicted molar refractivity (Wildman–Crippen MR) is 76.4 cm³/mol. The van der Waals surface area contributed by atoms with Gasteiger partial charge in [-0.2, -0.15) is 0 Å². The van der Waals surface area contributed by atoms with Crippen molar-refractivity contribution in [1.82, 2.24) is 9.97 Å². The Balaban J connectivity index is 2.14. The normalized spacial score (nSPS) is 22.6. The van der Waals surface area contributed by atoms with Crippen molar-refractivity contribution in [3.63, 3.8) is 0 Å². The van der Waals surface area contributed by atoms with Gasteiger partial charge in [0.05, 0.1) is 6.10 Å². The smallest absolute Gasteiger partial charge is 0.218 e. The molecular formula is C14H24N4O. The minimum Gasteiger partial charge on any atom is -0.475 e. The molecule has 0 amide bonds. The SMILES string of the molecule is CC(C)Oc1cc(N2CCC(N)C(C)(C)C2)ncn1. The van der Waals surface area contributed by atoms with Gasteiger partial charge in [-0.3, -0.25) is 0 Å². The summed E-state index contributed by atoms with van der Waals surface area (Å²) in [5, 5.41) is 0. The first kappa shape index (κ1) is 14.1. The van der Waals surface area contributed by atoms with E-state index in [2.05, 4.69) is 28.7 Å². The molecule has 1 aliphatic rings. The van der Waals surface area contributed by atoms with Crippen LogP contribution in [0.4, 0.5) is 5.82 Å². The van der Waals surface area contributed by atoms with Gasteiger partial charge in [0.2, 0.25) is 5.88 Å². The number of rotatable bonds is 3. The molecule has 5 nitrogen and oxygen atoms in total. The standard InChI is InChI=1S/C14H24N4O/c1-10(2)19-13-7-12(16-9-17-13)18-6-5-11(15)14(3,4)8-18/h7,9-11H,5-6,8,15H2,1-4H3. The van der Waals surface area contributed by atoms with Gasteiger partial charge in [-0.15, -0.1) is 0 Å². The molecule has 0 spiro atoms. The molecule has 1 unspecified atom stereocenters. The lowest BCUT2D eigenvalue weighted by molar-refractivity contribution is 0.230. The minimum atomic E-state index is 0.0995. The topological polar surface area (TPSA) is 64.3 Å². The second-order valence-electron chi connectivity index (χ2n) is 6.19. The summed E-state index contributed by atoms with van der Waals surface area (Å²) in [4.78, 5) is 10.8. The lowest BCUT2D eigenvalue weighted by atomic mass is 9.80. The summed E-state index contributed by atoms with van der Waals surface area (Å²) >= 11 is 0. The van der Waals surface area contributed by atoms with E-state index in [1.165, 1.54) is 0 Å². The van der Waals surface area contributed by atoms with E-state index in [9.17, 15) is 0 Å². The molecule has 1 aliphatic heterocycles. The zero-order chi connectivity index (χ0) is 14.0. The number of piperidine rings is 1. The van der Waals surface area contributed by atoms with E-state index < -0.39 is 0 Å². The third kappa shape index (κ3) is 3.35. The van der Waals surface area contributed by atoms with Crippen molar-refractivity contribution < 1.29 is 4.74 Å². The molecule has 2 N–H and O–H groups in total. The molecule has 0 bridgehead atoms. The second kappa shape index (κ2) is 5.33. The van der Waals surface area contributed by atoms with E-state index in [1.807, 2.05) is 19.9 Å². The fourth-order valence-corrected chi connectivity index (χ4v) is 2.38. The molecule has 2 rings (SSSR count). The van der Waals surface area contributed by atoms with E-state index >= 15 is 0 Å². The summed E-state index contributed by atoms with van der Waals surface area (Å²) in [6.45, 7) is 10.2. The Morgan fingerprint density at radius 1 is 1.42 bits per heavy atom. The Bertz CT molecular complexity index is 433. The van der Waals surface area contributed by atoms with Crippen LogP contribution >= 0.6 is 0 Å². The molecule has 0 radical (unpaired) electrons. The highest BCUT2D eigenvalue weighted by atomic mass is 16.5. The highest BCUT2D eigenvalue weighted by molar-refractivity contribution is 5.42. The van der Waals surface area contributed by atoms with Crippen molar-refractivity contribution >= 4 is 5.82 Å². The van der Waals surface area contributed by atoms with Crippen molar-refractivity contribution in [3.05, 3.63) is 12.4 Å². The first-order valence-electron chi connectivity index (χ1n) is 6.88. The van der Waals surface area contributed by atoms with Gasteiger partial charge >= 0.3 is 0 Å². The fourth-order valence-electron chi connectivity index (χ4n) is 2.38. The van der Waals surface area contributed by atoms with E-state index in [-0.39, 0.29) is 17.6 Å². The average Bonchev–Trinajstić information content (AvgIpc) is 2.32. The van der Waals surface area contributed by atoms with Crippen LogP contribution in [0.2, 0.25) is 0 Å². The third-order valence-electron chi connectivity index (χ3n) is 3.62. The summed E-state index contributed by atoms with van der Waals surface area (Å²) in [6, 6.07) is 2.16. The Morgan fingerprint density at radius 2 is 2.16 bits per heavy atom. The minimum absolute atomic E-state index is 0.0995. The van der Waals surface area contributed by atoms with E-state index in [1.54, 1.807) is 6.33 Å². The number of ether oxygens (including phenoxy) is 1. The van der Waals surface area contributed by atoms with Gasteiger partial charge in [-0.05, 0) is 25.7 Å². The van der Waals surface area contributed by atoms with Crippen molar-refractivity contribution in [3.8, 4) is 5.88 Å². The van der Waals surface area contributed by atoms with Gasteiger partial charge in [0, 0.05) is 25.2 Å². The summed E-state index contributed by atoms with van der Waals surface area (Å²) in [6.07, 6.45) is 2.67. The van der Waals surface area contributed by atoms with Crippen LogP contribution in [-0.4, -0.2) is 35.2 Å². The lowest BCUT2D eigenvalue weighted by Crippen LogP contribution is -2.52. The molecule has 2 heterocycles. The highest BCUT2D eigenvalue weighted by Crippen LogP contribution is 2.30. The van der Waals surface area contributed by atoms with Gasteiger partial charge in [0.1, 0.15) is 12.1 Å². The molecule has 0 saturated carbocycles. The van der Waals surface area contributed by atoms with Gasteiger partial charge in [0.25, 0.3) is 0 Å². The number of aromatic nitrogens is 2. The molecule has 0 aliphatic carbocycles. The van der Waals surface area contributed by atoms with Crippen molar-refractivity contribution in [2.45, 2.75) is 46.3 Å². The summed E-state index contributed by atoms with van der Waals surface area (Å²) < 4.78 is 5.62. The third-order valence-corrected chi connectivity index (χ3v) is 3.62. The van der Waals surface area contributed by atoms with Crippen LogP contribution in [-0.2, 0) is 0 Å². The molecule has 1 aromatic heterocycles. The molecule has 5 heteroatoms. The number of anilines is 1. The summed E-state index contributed by atoms with van der Waals surface area (Å²) in [5.74, 6) is 1.55. The largest absolute Gasteiger partial charge is 0.475 e. The molecule has 1 fully saturated rings. The van der Waals surface area contributed by atoms with E-state index in [0.29, 0.717) is 5.88 Å². The Kier molecular flexibility index (Phi) is 3.94. The average molecular weight is 264 g/mol. The molecule has 1 saturated heterocycles. The first-order chi connectivity index (χ1) is 8.88. The van der Waals surface area contributed by atoms with E-state index in [4.69, 9.17) is 10.5 Å². The van der Waals surface area contributed by atoms with Crippen LogP contribution in [0, 0.1) is 5.41 Å². The number of nitrogens with two attached hydrogens (primary N) is 1. The maximum absolute atomic E-state index is 6.16. The van der Waals surface area contributed by atoms with Crippen LogP contribution in [0.5, 0.6) is 5.88 Å². The first-order valence-corrected chi connectivity index (χ1v) is 6.88. The van der Waals surface area contributed by atoms with Crippen LogP contribution in [0.25, 0.3) is 0 Å². The van der Waals surface area contributed by atoms with Crippen LogP contribution in [0.3, 0.4) is 0 Å². The van der Waals surface area contributed by atoms with Gasteiger partial charge in [0.15, 0.2) is 0 Å². The molecule has 1 aromatic rings. The molecular weight excluding hydrogens is 240 g/mol. The Hall–Kier alpha value is -1.36. The number of hydrogen-bond donors (Lipinski definition) is 1. The summed E-state index contributed by atoms with van der Waals surface area (Å²) in [7, 11) is 0. The number of hydrogen-bond acceptors (Lipinski definition) is 5. The second-order valence-corrected chi connectivity index (χ2v) is 6.19. The zero-order valence-corrected chi connectivity index (χ0v) is 12.3. The highest BCUT2D eigenvalue weighted by Gasteiger charge is 2.34. The van der Waals surface area contributed by atoms with Crippen LogP contribution in [0.15, 0.2) is 12.4 Å². The predicted octanol–water partition coefficient (Wildman–Crippen LogP) is 1.83. The Labute approximate surface area is 115 Å². The van der Waals surface area contributed by atoms with Crippen molar-refractivity contribution in [2.75, 3.05) is 18.0 Å². The van der Waals surface area contributed by atoms with Gasteiger partial charge in [-0.25, -0.2) is 9.97 Å². The van der Waals surface area contributed by atoms with Gasteiger partial charge in [-0.1, -0.05) is 13.8 Å². The Morgan fingerprint density at radius 3 is 2.79 bits per heavy atom. The summed E-state index contributed by atoms with van der Waals surface area (Å²) in [5.41, 5.74) is 6.26. The quantitative estimate of drug-likeness (QED) is 0.902. The van der Waals surface area contributed by atoms with E-state index in [0.717, 1.165) is 25.3 Å². The maximum atomic E-state index is 6.16. The van der Waals surface area contributed by atoms with Crippen molar-refractivity contribution in [2.24, 2.45) is 11.1 Å². The van der Waals surface area contributed by atoms with Gasteiger partial charge < -0.3 is 15.4 Å². The van der Waals surface area contributed by atoms with Crippen LogP contribution in [0.1, 0.15) is 34.1 Å². The lowest BCUT2D eigenvalue weighted by Gasteiger charge is -2.43. The monoisotopic (exact) mass is 264 g/mol. The maximum Gasteiger partial charge on any atom is 0.218 e.